The molecular formula is C21H28N6O2. The number of hydrogen-bond acceptors (Lipinski definition) is 8. The second-order valence-corrected chi connectivity index (χ2v) is 8.25. The Morgan fingerprint density at radius 3 is 2.00 bits per heavy atom. The van der Waals surface area contributed by atoms with E-state index in [0.717, 1.165) is 29.6 Å². The molecule has 0 fully saturated rings. The Morgan fingerprint density at radius 2 is 1.45 bits per heavy atom. The molecule has 8 heteroatoms. The first kappa shape index (κ1) is 19.4. The summed E-state index contributed by atoms with van der Waals surface area (Å²) < 4.78 is 11.0. The quantitative estimate of drug-likeness (QED) is 0.615. The predicted octanol–water partition coefficient (Wildman–Crippen LogP) is 4.11. The van der Waals surface area contributed by atoms with E-state index in [2.05, 4.69) is 89.0 Å². The van der Waals surface area contributed by atoms with Gasteiger partial charge in [-0.3, -0.25) is 0 Å². The van der Waals surface area contributed by atoms with E-state index in [4.69, 9.17) is 9.05 Å². The van der Waals surface area contributed by atoms with E-state index in [1.165, 1.54) is 0 Å². The highest BCUT2D eigenvalue weighted by molar-refractivity contribution is 5.73. The van der Waals surface area contributed by atoms with Crippen LogP contribution in [0.1, 0.15) is 69.9 Å². The Kier molecular flexibility index (Phi) is 5.25. The fraction of sp³-hybridized carbons (Fsp3) is 0.524. The number of hydrogen-bond donors (Lipinski definition) is 0. The fourth-order valence-corrected chi connectivity index (χ4v) is 3.56. The molecule has 154 valence electrons. The van der Waals surface area contributed by atoms with Crippen LogP contribution < -0.4 is 9.80 Å². The van der Waals surface area contributed by atoms with Gasteiger partial charge in [-0.1, -0.05) is 50.1 Å². The maximum atomic E-state index is 5.49. The second-order valence-electron chi connectivity index (χ2n) is 8.25. The molecule has 29 heavy (non-hydrogen) atoms. The van der Waals surface area contributed by atoms with Crippen LogP contribution >= 0.6 is 0 Å². The molecule has 8 nitrogen and oxygen atoms in total. The smallest absolute Gasteiger partial charge is 0.246 e. The first-order chi connectivity index (χ1) is 13.9. The van der Waals surface area contributed by atoms with E-state index in [9.17, 15) is 0 Å². The lowest BCUT2D eigenvalue weighted by Gasteiger charge is -2.42. The maximum Gasteiger partial charge on any atom is 0.246 e. The van der Waals surface area contributed by atoms with Crippen LogP contribution in [0.3, 0.4) is 0 Å². The first-order valence-electron chi connectivity index (χ1n) is 10.2. The summed E-state index contributed by atoms with van der Waals surface area (Å²) in [6.07, 6.45) is 0. The molecule has 0 spiro atoms. The molecule has 0 N–H and O–H groups in total. The third-order valence-electron chi connectivity index (χ3n) is 5.18. The van der Waals surface area contributed by atoms with Crippen LogP contribution in [0.15, 0.2) is 33.3 Å². The van der Waals surface area contributed by atoms with E-state index < -0.39 is 0 Å². The standard InChI is InChI=1S/C21H28N6O2/c1-13(2)20-22-18(28-24-20)11-26-10-15(5)27(17-9-7-6-8-16(17)26)12-19-23-21(14(3)4)25-29-19/h6-9,13-15H,10-12H2,1-5H3. The van der Waals surface area contributed by atoms with E-state index in [1.807, 2.05) is 0 Å². The van der Waals surface area contributed by atoms with Crippen LogP contribution in [0.2, 0.25) is 0 Å². The number of nitrogens with zero attached hydrogens (tertiary/aromatic N) is 6. The predicted molar refractivity (Wildman–Crippen MR) is 110 cm³/mol. The minimum absolute atomic E-state index is 0.249. The Morgan fingerprint density at radius 1 is 0.897 bits per heavy atom. The lowest BCUT2D eigenvalue weighted by Crippen LogP contribution is -2.47. The molecule has 0 aliphatic carbocycles. The van der Waals surface area contributed by atoms with Gasteiger partial charge in [-0.25, -0.2) is 0 Å². The zero-order chi connectivity index (χ0) is 20.5. The summed E-state index contributed by atoms with van der Waals surface area (Å²) in [5, 5.41) is 8.19. The molecule has 0 amide bonds. The Hall–Kier alpha value is -2.90. The summed E-state index contributed by atoms with van der Waals surface area (Å²) in [4.78, 5) is 13.7. The van der Waals surface area contributed by atoms with Crippen molar-refractivity contribution < 1.29 is 9.05 Å². The Bertz CT molecular complexity index is 963. The molecule has 0 saturated carbocycles. The molecule has 1 aliphatic heterocycles. The van der Waals surface area contributed by atoms with Crippen molar-refractivity contribution in [3.8, 4) is 0 Å². The molecule has 1 aliphatic rings. The topological polar surface area (TPSA) is 84.3 Å². The van der Waals surface area contributed by atoms with Crippen molar-refractivity contribution in [2.24, 2.45) is 0 Å². The molecule has 2 aromatic heterocycles. The molecule has 0 saturated heterocycles. The highest BCUT2D eigenvalue weighted by Gasteiger charge is 2.30. The van der Waals surface area contributed by atoms with Gasteiger partial charge < -0.3 is 18.8 Å². The highest BCUT2D eigenvalue weighted by Crippen LogP contribution is 2.37. The van der Waals surface area contributed by atoms with Gasteiger partial charge in [0.1, 0.15) is 0 Å². The van der Waals surface area contributed by atoms with Crippen molar-refractivity contribution in [2.75, 3.05) is 16.3 Å². The molecule has 1 unspecified atom stereocenters. The van der Waals surface area contributed by atoms with Gasteiger partial charge in [0, 0.05) is 24.4 Å². The monoisotopic (exact) mass is 396 g/mol. The summed E-state index contributed by atoms with van der Waals surface area (Å²) in [6, 6.07) is 8.62. The van der Waals surface area contributed by atoms with Crippen LogP contribution in [0.4, 0.5) is 11.4 Å². The molecule has 1 atom stereocenters. The fourth-order valence-electron chi connectivity index (χ4n) is 3.56. The largest absolute Gasteiger partial charge is 0.358 e. The molecule has 0 radical (unpaired) electrons. The van der Waals surface area contributed by atoms with Crippen LogP contribution in [0.5, 0.6) is 0 Å². The molecule has 1 aromatic carbocycles. The van der Waals surface area contributed by atoms with Crippen molar-refractivity contribution in [2.45, 2.75) is 65.6 Å². The minimum atomic E-state index is 0.249. The normalized spacial score (nSPS) is 16.7. The number of aromatic nitrogens is 4. The van der Waals surface area contributed by atoms with Crippen molar-refractivity contribution in [3.05, 3.63) is 47.7 Å². The van der Waals surface area contributed by atoms with Crippen molar-refractivity contribution in [1.29, 1.82) is 0 Å². The number of fused-ring (bicyclic) bond motifs is 1. The van der Waals surface area contributed by atoms with E-state index in [1.54, 1.807) is 0 Å². The molecule has 3 heterocycles. The summed E-state index contributed by atoms with van der Waals surface area (Å²) >= 11 is 0. The van der Waals surface area contributed by atoms with Gasteiger partial charge in [0.15, 0.2) is 11.6 Å². The first-order valence-corrected chi connectivity index (χ1v) is 10.2. The molecule has 4 rings (SSSR count). The van der Waals surface area contributed by atoms with Crippen LogP contribution in [-0.4, -0.2) is 32.9 Å². The Labute approximate surface area is 170 Å². The van der Waals surface area contributed by atoms with Crippen molar-refractivity contribution in [1.82, 2.24) is 20.3 Å². The lowest BCUT2D eigenvalue weighted by atomic mass is 10.1. The van der Waals surface area contributed by atoms with Crippen LogP contribution in [0, 0.1) is 0 Å². The SMILES string of the molecule is CC(C)c1noc(CN2CC(C)N(Cc3nc(C(C)C)no3)c3ccccc32)n1. The average molecular weight is 396 g/mol. The van der Waals surface area contributed by atoms with Gasteiger partial charge >= 0.3 is 0 Å². The summed E-state index contributed by atoms with van der Waals surface area (Å²) in [5.41, 5.74) is 2.28. The van der Waals surface area contributed by atoms with Crippen LogP contribution in [-0.2, 0) is 13.1 Å². The van der Waals surface area contributed by atoms with E-state index in [0.29, 0.717) is 24.9 Å². The summed E-state index contributed by atoms with van der Waals surface area (Å²) in [6.45, 7) is 12.5. The zero-order valence-electron chi connectivity index (χ0n) is 17.7. The third kappa shape index (κ3) is 3.97. The average Bonchev–Trinajstić information content (AvgIpc) is 3.34. The second kappa shape index (κ2) is 7.85. The third-order valence-corrected chi connectivity index (χ3v) is 5.18. The lowest BCUT2D eigenvalue weighted by molar-refractivity contribution is 0.359. The molecule has 3 aromatic rings. The van der Waals surface area contributed by atoms with Crippen molar-refractivity contribution in [3.63, 3.8) is 0 Å². The maximum absolute atomic E-state index is 5.49. The molecular weight excluding hydrogens is 368 g/mol. The number of rotatable bonds is 6. The van der Waals surface area contributed by atoms with Gasteiger partial charge in [-0.05, 0) is 19.1 Å². The van der Waals surface area contributed by atoms with E-state index >= 15 is 0 Å². The van der Waals surface area contributed by atoms with Crippen LogP contribution in [0.25, 0.3) is 0 Å². The van der Waals surface area contributed by atoms with Gasteiger partial charge in [0.2, 0.25) is 11.8 Å². The zero-order valence-corrected chi connectivity index (χ0v) is 17.7. The van der Waals surface area contributed by atoms with Crippen molar-refractivity contribution >= 4 is 11.4 Å². The van der Waals surface area contributed by atoms with Gasteiger partial charge in [-0.15, -0.1) is 0 Å². The summed E-state index contributed by atoms with van der Waals surface area (Å²) in [5.74, 6) is 3.28. The number of anilines is 2. The summed E-state index contributed by atoms with van der Waals surface area (Å²) in [7, 11) is 0. The van der Waals surface area contributed by atoms with Gasteiger partial charge in [0.05, 0.1) is 24.5 Å². The highest BCUT2D eigenvalue weighted by atomic mass is 16.5. The minimum Gasteiger partial charge on any atom is -0.358 e. The van der Waals surface area contributed by atoms with Gasteiger partial charge in [-0.2, -0.15) is 9.97 Å². The van der Waals surface area contributed by atoms with Gasteiger partial charge in [0.25, 0.3) is 0 Å². The number of benzene rings is 1. The Balaban J connectivity index is 1.57. The molecule has 0 bridgehead atoms. The van der Waals surface area contributed by atoms with E-state index in [-0.39, 0.29) is 17.9 Å². The number of para-hydroxylation sites is 2.